The Balaban J connectivity index is 3.90. The van der Waals surface area contributed by atoms with Crippen molar-refractivity contribution in [1.82, 2.24) is 0 Å². The van der Waals surface area contributed by atoms with E-state index in [-0.39, 0.29) is 20.1 Å². The third-order valence-electron chi connectivity index (χ3n) is 8.58. The van der Waals surface area contributed by atoms with Crippen LogP contribution in [0.15, 0.2) is 12.2 Å². The van der Waals surface area contributed by atoms with E-state index in [1.165, 1.54) is 141 Å². The molecule has 0 rings (SSSR count). The third-order valence-corrected chi connectivity index (χ3v) is 9.46. The van der Waals surface area contributed by atoms with Gasteiger partial charge in [0, 0.05) is 12.8 Å². The average molecular weight is 639 g/mol. The van der Waals surface area contributed by atoms with Gasteiger partial charge in [-0.1, -0.05) is 154 Å². The van der Waals surface area contributed by atoms with Gasteiger partial charge in [0.1, 0.15) is 6.54 Å². The maximum Gasteiger partial charge on any atom is 0.178 e. The number of unbranched alkanes of at least 4 members (excludes halogenated alkanes) is 23. The number of hydrogen-bond acceptors (Lipinski definition) is 3. The molecule has 0 aliphatic heterocycles. The fraction of sp³-hybridized carbons (Fsp3) is 0.897. The van der Waals surface area contributed by atoms with E-state index in [1.54, 1.807) is 0 Å². The highest BCUT2D eigenvalue weighted by Crippen LogP contribution is 2.23. The van der Waals surface area contributed by atoms with E-state index in [0.717, 1.165) is 25.7 Å². The second kappa shape index (κ2) is 32.4. The highest BCUT2D eigenvalue weighted by molar-refractivity contribution is 7.53. The lowest BCUT2D eigenvalue weighted by atomic mass is 10.0. The molecule has 44 heavy (non-hydrogen) atoms. The summed E-state index contributed by atoms with van der Waals surface area (Å²) in [4.78, 5) is 25.5. The van der Waals surface area contributed by atoms with Crippen LogP contribution in [0.1, 0.15) is 194 Å². The quantitative estimate of drug-likeness (QED) is 0.0300. The highest BCUT2D eigenvalue weighted by atomic mass is 31.1. The molecule has 0 N–H and O–H groups in total. The molecule has 0 aliphatic rings. The maximum absolute atomic E-state index is 13.0. The fourth-order valence-corrected chi connectivity index (χ4v) is 6.48. The Labute approximate surface area is 277 Å². The van der Waals surface area contributed by atoms with Crippen molar-refractivity contribution < 1.29 is 18.6 Å². The zero-order valence-electron chi connectivity index (χ0n) is 30.4. The normalized spacial score (nSPS) is 13.0. The number of rotatable bonds is 35. The van der Waals surface area contributed by atoms with Crippen LogP contribution in [0.2, 0.25) is 0 Å². The molecule has 0 spiro atoms. The van der Waals surface area contributed by atoms with Crippen LogP contribution in [0, 0.1) is 0 Å². The molecule has 0 aliphatic carbocycles. The van der Waals surface area contributed by atoms with Crippen molar-refractivity contribution in [2.45, 2.75) is 200 Å². The molecule has 2 atom stereocenters. The summed E-state index contributed by atoms with van der Waals surface area (Å²) in [6.07, 6.45) is 38.8. The van der Waals surface area contributed by atoms with Crippen LogP contribution in [0.25, 0.3) is 0 Å². The fourth-order valence-electron chi connectivity index (χ4n) is 5.72. The van der Waals surface area contributed by atoms with E-state index in [4.69, 9.17) is 4.52 Å². The van der Waals surface area contributed by atoms with Crippen molar-refractivity contribution in [2.75, 3.05) is 27.7 Å². The van der Waals surface area contributed by atoms with E-state index in [9.17, 15) is 9.59 Å². The Morgan fingerprint density at radius 3 is 1.32 bits per heavy atom. The van der Waals surface area contributed by atoms with E-state index < -0.39 is 6.10 Å². The molecule has 0 fully saturated rings. The summed E-state index contributed by atoms with van der Waals surface area (Å²) in [6.45, 7) is 5.17. The van der Waals surface area contributed by atoms with Gasteiger partial charge in [-0.15, -0.1) is 0 Å². The first-order chi connectivity index (χ1) is 21.3. The first kappa shape index (κ1) is 43.4. The zero-order chi connectivity index (χ0) is 32.6. The van der Waals surface area contributed by atoms with Crippen LogP contribution < -0.4 is 0 Å². The number of quaternary nitrogens is 1. The number of hydrogen-bond donors (Lipinski definition) is 0. The molecule has 0 amide bonds. The summed E-state index contributed by atoms with van der Waals surface area (Å²) in [7, 11) is 6.07. The predicted molar refractivity (Wildman–Crippen MR) is 196 cm³/mol. The second-order valence-corrected chi connectivity index (χ2v) is 15.4. The first-order valence-electron chi connectivity index (χ1n) is 19.2. The molecule has 4 nitrogen and oxygen atoms in total. The summed E-state index contributed by atoms with van der Waals surface area (Å²) in [5.74, 6) is 0.178. The van der Waals surface area contributed by atoms with Crippen molar-refractivity contribution in [3.8, 4) is 0 Å². The molecule has 5 heteroatoms. The minimum Gasteiger partial charge on any atom is -0.338 e. The molecule has 0 aromatic carbocycles. The van der Waals surface area contributed by atoms with Gasteiger partial charge in [0.05, 0.1) is 30.0 Å². The van der Waals surface area contributed by atoms with Crippen molar-refractivity contribution in [3.05, 3.63) is 12.2 Å². The van der Waals surface area contributed by atoms with Crippen LogP contribution in [0.4, 0.5) is 0 Å². The predicted octanol–water partition coefficient (Wildman–Crippen LogP) is 12.3. The van der Waals surface area contributed by atoms with E-state index in [1.807, 2.05) is 0 Å². The van der Waals surface area contributed by atoms with Crippen molar-refractivity contribution in [2.24, 2.45) is 0 Å². The molecule has 0 bridgehead atoms. The maximum atomic E-state index is 13.0. The summed E-state index contributed by atoms with van der Waals surface area (Å²) in [6, 6.07) is 0. The third kappa shape index (κ3) is 32.8. The van der Waals surface area contributed by atoms with Gasteiger partial charge in [-0.25, -0.2) is 0 Å². The average Bonchev–Trinajstić information content (AvgIpc) is 2.98. The Bertz CT molecular complexity index is 673. The van der Waals surface area contributed by atoms with E-state index in [2.05, 4.69) is 47.1 Å². The van der Waals surface area contributed by atoms with Gasteiger partial charge < -0.3 is 9.01 Å². The number of likely N-dealkylation sites (N-methyl/N-ethyl adjacent to an activating group) is 1. The smallest absolute Gasteiger partial charge is 0.178 e. The van der Waals surface area contributed by atoms with Gasteiger partial charge in [0.15, 0.2) is 17.4 Å². The van der Waals surface area contributed by atoms with Crippen LogP contribution in [0.3, 0.4) is 0 Å². The molecule has 0 radical (unpaired) electrons. The lowest BCUT2D eigenvalue weighted by Gasteiger charge is -2.28. The van der Waals surface area contributed by atoms with Crippen LogP contribution >= 0.6 is 8.81 Å². The number of allylic oxidation sites excluding steroid dienone is 2. The summed E-state index contributed by atoms with van der Waals surface area (Å²) >= 11 is 0. The minimum absolute atomic E-state index is 0.174. The van der Waals surface area contributed by atoms with Gasteiger partial charge in [-0.3, -0.25) is 9.59 Å². The largest absolute Gasteiger partial charge is 0.338 e. The van der Waals surface area contributed by atoms with Gasteiger partial charge >= 0.3 is 0 Å². The molecule has 0 saturated heterocycles. The minimum atomic E-state index is -0.458. The number of ketones is 1. The Hall–Kier alpha value is -0.570. The van der Waals surface area contributed by atoms with Crippen LogP contribution in [-0.2, 0) is 14.1 Å². The zero-order valence-corrected chi connectivity index (χ0v) is 31.4. The van der Waals surface area contributed by atoms with Gasteiger partial charge in [0.25, 0.3) is 0 Å². The summed E-state index contributed by atoms with van der Waals surface area (Å²) in [5.41, 5.74) is 0.174. The monoisotopic (exact) mass is 639 g/mol. The summed E-state index contributed by atoms with van der Waals surface area (Å²) < 4.78 is 6.65. The van der Waals surface area contributed by atoms with E-state index >= 15 is 0 Å². The number of carbonyl (C=O) groups excluding carboxylic acids is 2. The molecular formula is C39H77NO3P+. The van der Waals surface area contributed by atoms with Gasteiger partial charge in [0.2, 0.25) is 0 Å². The topological polar surface area (TPSA) is 43.4 Å². The van der Waals surface area contributed by atoms with Gasteiger partial charge in [-0.2, -0.15) is 0 Å². The molecule has 0 aromatic heterocycles. The van der Waals surface area contributed by atoms with Crippen LogP contribution in [-0.4, -0.2) is 49.6 Å². The number of nitrogens with zero attached hydrogens (tertiary/aromatic N) is 1. The van der Waals surface area contributed by atoms with E-state index in [0.29, 0.717) is 23.9 Å². The summed E-state index contributed by atoms with van der Waals surface area (Å²) in [5, 5.41) is 0. The molecule has 260 valence electrons. The number of Topliss-reactive ketones (excluding diaryl/α,β-unsaturated/α-hetero) is 1. The first-order valence-corrected chi connectivity index (χ1v) is 20.1. The van der Waals surface area contributed by atoms with Crippen LogP contribution in [0.5, 0.6) is 0 Å². The lowest BCUT2D eigenvalue weighted by molar-refractivity contribution is -0.872. The van der Waals surface area contributed by atoms with Crippen molar-refractivity contribution in [1.29, 1.82) is 0 Å². The van der Waals surface area contributed by atoms with Crippen molar-refractivity contribution >= 4 is 20.1 Å². The Kier molecular flexibility index (Phi) is 32.0. The standard InChI is InChI=1S/C39H77NO3P/c1-6-8-10-12-14-16-18-20-21-23-24-26-28-30-32-34-37(41)38(36-40(3,4)5)43-44-39(42)35-33-31-29-27-25-22-19-17-15-13-11-9-7-2/h20-21,38,44H,6-19,22-36H2,1-5H3/q+1. The molecule has 0 heterocycles. The highest BCUT2D eigenvalue weighted by Gasteiger charge is 2.26. The SMILES string of the molecule is CCCCCCCCC=CCCCCCCCC(=O)C(C[N+](C)(C)C)OPC(=O)CCCCCCCCCCCCCCC. The molecular weight excluding hydrogens is 561 g/mol. The number of carbonyl (C=O) groups is 2. The lowest BCUT2D eigenvalue weighted by Crippen LogP contribution is -2.44. The van der Waals surface area contributed by atoms with Gasteiger partial charge in [-0.05, 0) is 38.5 Å². The Morgan fingerprint density at radius 2 is 0.909 bits per heavy atom. The molecule has 0 saturated carbocycles. The second-order valence-electron chi connectivity index (χ2n) is 14.4. The Morgan fingerprint density at radius 1 is 0.545 bits per heavy atom. The van der Waals surface area contributed by atoms with Crippen molar-refractivity contribution in [3.63, 3.8) is 0 Å². The molecule has 2 unspecified atom stereocenters. The molecule has 0 aromatic rings.